The highest BCUT2D eigenvalue weighted by Gasteiger charge is 2.32. The molecule has 1 rings (SSSR count). The van der Waals surface area contributed by atoms with Gasteiger partial charge in [-0.2, -0.15) is 13.2 Å². The van der Waals surface area contributed by atoms with Crippen LogP contribution in [-0.4, -0.2) is 22.5 Å². The molecule has 0 bridgehead atoms. The summed E-state index contributed by atoms with van der Waals surface area (Å²) in [6, 6.07) is 1.42. The Bertz CT molecular complexity index is 416. The first-order valence-corrected chi connectivity index (χ1v) is 5.46. The Balaban J connectivity index is 3.04. The summed E-state index contributed by atoms with van der Waals surface area (Å²) in [4.78, 5) is 11.3. The van der Waals surface area contributed by atoms with Crippen LogP contribution in [0.2, 0.25) is 0 Å². The van der Waals surface area contributed by atoms with Gasteiger partial charge in [-0.1, -0.05) is 0 Å². The summed E-state index contributed by atoms with van der Waals surface area (Å²) in [5.41, 5.74) is -0.552. The fourth-order valence-electron chi connectivity index (χ4n) is 1.28. The van der Waals surface area contributed by atoms with Crippen molar-refractivity contribution in [3.05, 3.63) is 32.3 Å². The summed E-state index contributed by atoms with van der Waals surface area (Å²) in [5.74, 6) is 0. The zero-order valence-electron chi connectivity index (χ0n) is 8.04. The third-order valence-electron chi connectivity index (χ3n) is 1.97. The average molecular weight is 347 g/mol. The van der Waals surface area contributed by atoms with E-state index in [2.05, 4.69) is 0 Å². The van der Waals surface area contributed by atoms with E-state index in [-0.39, 0.29) is 0 Å². The molecule has 0 amide bonds. The Kier molecular flexibility index (Phi) is 4.36. The molecular formula is C9H9F3INO2. The SMILES string of the molecule is O=c1ccc(I)cn1C(CO)CC(F)(F)F. The second-order valence-electron chi connectivity index (χ2n) is 3.25. The van der Waals surface area contributed by atoms with Gasteiger partial charge in [0.2, 0.25) is 0 Å². The summed E-state index contributed by atoms with van der Waals surface area (Å²) >= 11 is 1.89. The molecule has 0 radical (unpaired) electrons. The van der Waals surface area contributed by atoms with Gasteiger partial charge in [0.05, 0.1) is 19.1 Å². The quantitative estimate of drug-likeness (QED) is 0.850. The van der Waals surface area contributed by atoms with Crippen LogP contribution in [0.5, 0.6) is 0 Å². The molecule has 0 aliphatic rings. The van der Waals surface area contributed by atoms with Crippen molar-refractivity contribution in [2.75, 3.05) is 6.61 Å². The number of nitrogens with zero attached hydrogens (tertiary/aromatic N) is 1. The first-order chi connectivity index (χ1) is 7.33. The van der Waals surface area contributed by atoms with Crippen molar-refractivity contribution in [1.82, 2.24) is 4.57 Å². The molecule has 90 valence electrons. The Labute approximate surface area is 103 Å². The molecule has 1 aromatic rings. The van der Waals surface area contributed by atoms with Crippen LogP contribution in [0.25, 0.3) is 0 Å². The minimum atomic E-state index is -4.41. The van der Waals surface area contributed by atoms with Gasteiger partial charge in [0.25, 0.3) is 5.56 Å². The minimum Gasteiger partial charge on any atom is -0.394 e. The van der Waals surface area contributed by atoms with Gasteiger partial charge in [-0.25, -0.2) is 0 Å². The van der Waals surface area contributed by atoms with Crippen LogP contribution in [0.15, 0.2) is 23.1 Å². The molecular weight excluding hydrogens is 338 g/mol. The molecule has 1 unspecified atom stereocenters. The van der Waals surface area contributed by atoms with Gasteiger partial charge in [-0.15, -0.1) is 0 Å². The number of pyridine rings is 1. The molecule has 0 aliphatic carbocycles. The first-order valence-electron chi connectivity index (χ1n) is 4.39. The summed E-state index contributed by atoms with van der Waals surface area (Å²) in [6.07, 6.45) is -4.33. The van der Waals surface area contributed by atoms with E-state index in [0.29, 0.717) is 3.57 Å². The number of alkyl halides is 3. The lowest BCUT2D eigenvalue weighted by atomic mass is 10.2. The molecule has 0 aromatic carbocycles. The first kappa shape index (κ1) is 13.5. The predicted octanol–water partition coefficient (Wildman–Crippen LogP) is 1.94. The molecule has 0 aliphatic heterocycles. The number of aliphatic hydroxyl groups excluding tert-OH is 1. The molecule has 0 saturated heterocycles. The molecule has 1 heterocycles. The summed E-state index contributed by atoms with van der Waals surface area (Å²) < 4.78 is 38.1. The normalized spacial score (nSPS) is 13.8. The van der Waals surface area contributed by atoms with E-state index in [1.807, 2.05) is 22.6 Å². The van der Waals surface area contributed by atoms with E-state index >= 15 is 0 Å². The molecule has 1 N–H and O–H groups in total. The van der Waals surface area contributed by atoms with E-state index < -0.39 is 30.8 Å². The lowest BCUT2D eigenvalue weighted by molar-refractivity contribution is -0.145. The highest BCUT2D eigenvalue weighted by atomic mass is 127. The van der Waals surface area contributed by atoms with E-state index in [1.54, 1.807) is 0 Å². The highest BCUT2D eigenvalue weighted by molar-refractivity contribution is 14.1. The van der Waals surface area contributed by atoms with Gasteiger partial charge >= 0.3 is 6.18 Å². The maximum Gasteiger partial charge on any atom is 0.391 e. The zero-order valence-corrected chi connectivity index (χ0v) is 10.2. The van der Waals surface area contributed by atoms with Gasteiger partial charge in [-0.3, -0.25) is 4.79 Å². The second-order valence-corrected chi connectivity index (χ2v) is 4.49. The maximum atomic E-state index is 12.2. The van der Waals surface area contributed by atoms with Gasteiger partial charge in [0.15, 0.2) is 0 Å². The van der Waals surface area contributed by atoms with Crippen molar-refractivity contribution in [2.45, 2.75) is 18.6 Å². The van der Waals surface area contributed by atoms with Crippen molar-refractivity contribution >= 4 is 22.6 Å². The molecule has 1 aromatic heterocycles. The largest absolute Gasteiger partial charge is 0.394 e. The lowest BCUT2D eigenvalue weighted by Gasteiger charge is -2.19. The zero-order chi connectivity index (χ0) is 12.3. The molecule has 0 spiro atoms. The van der Waals surface area contributed by atoms with Gasteiger partial charge < -0.3 is 9.67 Å². The Morgan fingerprint density at radius 3 is 2.56 bits per heavy atom. The van der Waals surface area contributed by atoms with E-state index in [0.717, 1.165) is 4.57 Å². The standard InChI is InChI=1S/C9H9F3INO2/c10-9(11,12)3-7(5-15)14-4-6(13)1-2-8(14)16/h1-2,4,7,15H,3,5H2. The molecule has 1 atom stereocenters. The topological polar surface area (TPSA) is 42.2 Å². The van der Waals surface area contributed by atoms with Crippen LogP contribution in [0.3, 0.4) is 0 Å². The van der Waals surface area contributed by atoms with Crippen LogP contribution < -0.4 is 5.56 Å². The predicted molar refractivity (Wildman–Crippen MR) is 60.2 cm³/mol. The van der Waals surface area contributed by atoms with Crippen molar-refractivity contribution in [3.63, 3.8) is 0 Å². The summed E-state index contributed by atoms with van der Waals surface area (Å²) in [5, 5.41) is 8.90. The second kappa shape index (κ2) is 5.17. The highest BCUT2D eigenvalue weighted by Crippen LogP contribution is 2.26. The molecule has 16 heavy (non-hydrogen) atoms. The van der Waals surface area contributed by atoms with Crippen LogP contribution in [-0.2, 0) is 0 Å². The molecule has 7 heteroatoms. The minimum absolute atomic E-state index is 0.552. The average Bonchev–Trinajstić information content (AvgIpc) is 2.17. The third-order valence-corrected chi connectivity index (χ3v) is 2.61. The Hall–Kier alpha value is -0.570. The number of halogens is 4. The van der Waals surface area contributed by atoms with Crippen molar-refractivity contribution in [1.29, 1.82) is 0 Å². The molecule has 3 nitrogen and oxygen atoms in total. The van der Waals surface area contributed by atoms with Gasteiger partial charge in [0.1, 0.15) is 0 Å². The monoisotopic (exact) mass is 347 g/mol. The van der Waals surface area contributed by atoms with Crippen LogP contribution in [0.4, 0.5) is 13.2 Å². The summed E-state index contributed by atoms with van der Waals surface area (Å²) in [6.45, 7) is -0.723. The van der Waals surface area contributed by atoms with Crippen molar-refractivity contribution < 1.29 is 18.3 Å². The van der Waals surface area contributed by atoms with Gasteiger partial charge in [0, 0.05) is 15.8 Å². The smallest absolute Gasteiger partial charge is 0.391 e. The maximum absolute atomic E-state index is 12.2. The molecule has 0 saturated carbocycles. The fraction of sp³-hybridized carbons (Fsp3) is 0.444. The fourth-order valence-corrected chi connectivity index (χ4v) is 1.76. The molecule has 0 fully saturated rings. The number of rotatable bonds is 3. The third kappa shape index (κ3) is 3.78. The number of aromatic nitrogens is 1. The number of hydrogen-bond donors (Lipinski definition) is 1. The van der Waals surface area contributed by atoms with E-state index in [1.165, 1.54) is 18.3 Å². The van der Waals surface area contributed by atoms with Crippen LogP contribution in [0.1, 0.15) is 12.5 Å². The van der Waals surface area contributed by atoms with Crippen LogP contribution in [0, 0.1) is 3.57 Å². The number of aliphatic hydroxyl groups is 1. The Morgan fingerprint density at radius 2 is 2.06 bits per heavy atom. The lowest BCUT2D eigenvalue weighted by Crippen LogP contribution is -2.29. The summed E-state index contributed by atoms with van der Waals surface area (Å²) in [7, 11) is 0. The van der Waals surface area contributed by atoms with Crippen molar-refractivity contribution in [2.24, 2.45) is 0 Å². The van der Waals surface area contributed by atoms with Crippen LogP contribution >= 0.6 is 22.6 Å². The van der Waals surface area contributed by atoms with Gasteiger partial charge in [-0.05, 0) is 28.7 Å². The van der Waals surface area contributed by atoms with E-state index in [4.69, 9.17) is 5.11 Å². The Morgan fingerprint density at radius 1 is 1.44 bits per heavy atom. The number of hydrogen-bond acceptors (Lipinski definition) is 2. The van der Waals surface area contributed by atoms with Crippen molar-refractivity contribution in [3.8, 4) is 0 Å². The van der Waals surface area contributed by atoms with E-state index in [9.17, 15) is 18.0 Å².